The summed E-state index contributed by atoms with van der Waals surface area (Å²) in [6.45, 7) is 2.42. The van der Waals surface area contributed by atoms with E-state index in [-0.39, 0.29) is 5.33 Å². The molecule has 0 unspecified atom stereocenters. The quantitative estimate of drug-likeness (QED) is 0.372. The fourth-order valence-electron chi connectivity index (χ4n) is 2.74. The second-order valence-corrected chi connectivity index (χ2v) is 6.46. The zero-order chi connectivity index (χ0) is 20.0. The Morgan fingerprint density at radius 3 is 2.07 bits per heavy atom. The lowest BCUT2D eigenvalue weighted by atomic mass is 9.98. The van der Waals surface area contributed by atoms with Crippen LogP contribution in [-0.4, -0.2) is 61.1 Å². The fourth-order valence-corrected chi connectivity index (χ4v) is 3.26. The molecular weight excluding hydrogens is 424 g/mol. The molecule has 0 amide bonds. The van der Waals surface area contributed by atoms with E-state index in [1.54, 1.807) is 30.3 Å². The first-order valence-corrected chi connectivity index (χ1v) is 9.34. The molecule has 8 nitrogen and oxygen atoms in total. The topological polar surface area (TPSA) is 97.4 Å². The predicted molar refractivity (Wildman–Crippen MR) is 96.2 cm³/mol. The maximum Gasteiger partial charge on any atom is 0.338 e. The molecule has 0 bridgehead atoms. The largest absolute Gasteiger partial charge is 0.454 e. The standard InChI is InChI=1S/C18H21BrO8/c1-10(20)24-15-14(27-17(22)12-7-5-4-6-8-12)13(9-19)26-18(23-3)16(15)25-11(2)21/h4-8,13-16,18H,9H2,1-3H3/t13-,14-,15-,16+,18-/m0/s1. The second-order valence-electron chi connectivity index (χ2n) is 5.82. The number of esters is 3. The summed E-state index contributed by atoms with van der Waals surface area (Å²) in [7, 11) is 1.37. The van der Waals surface area contributed by atoms with E-state index in [1.165, 1.54) is 21.0 Å². The smallest absolute Gasteiger partial charge is 0.338 e. The Labute approximate surface area is 165 Å². The number of benzene rings is 1. The van der Waals surface area contributed by atoms with Gasteiger partial charge in [-0.15, -0.1) is 0 Å². The van der Waals surface area contributed by atoms with Crippen LogP contribution in [0.25, 0.3) is 0 Å². The molecule has 1 heterocycles. The molecule has 0 radical (unpaired) electrons. The average molecular weight is 445 g/mol. The number of rotatable bonds is 6. The molecule has 0 aliphatic carbocycles. The minimum absolute atomic E-state index is 0.268. The number of ether oxygens (including phenoxy) is 5. The summed E-state index contributed by atoms with van der Waals surface area (Å²) < 4.78 is 27.1. The summed E-state index contributed by atoms with van der Waals surface area (Å²) in [6.07, 6.45) is -4.90. The molecule has 0 aromatic heterocycles. The van der Waals surface area contributed by atoms with Crippen LogP contribution >= 0.6 is 15.9 Å². The summed E-state index contributed by atoms with van der Waals surface area (Å²) in [5.74, 6) is -1.86. The Morgan fingerprint density at radius 2 is 1.56 bits per heavy atom. The number of alkyl halides is 1. The van der Waals surface area contributed by atoms with Gasteiger partial charge in [0.2, 0.25) is 0 Å². The summed E-state index contributed by atoms with van der Waals surface area (Å²) in [5, 5.41) is 0.268. The predicted octanol–water partition coefficient (Wildman–Crippen LogP) is 1.84. The lowest BCUT2D eigenvalue weighted by Crippen LogP contribution is -2.62. The van der Waals surface area contributed by atoms with Gasteiger partial charge in [0, 0.05) is 26.3 Å². The number of hydrogen-bond donors (Lipinski definition) is 0. The van der Waals surface area contributed by atoms with E-state index in [9.17, 15) is 14.4 Å². The van der Waals surface area contributed by atoms with E-state index >= 15 is 0 Å². The number of methoxy groups -OCH3 is 1. The van der Waals surface area contributed by atoms with Gasteiger partial charge in [0.05, 0.1) is 5.56 Å². The van der Waals surface area contributed by atoms with Crippen LogP contribution in [0.5, 0.6) is 0 Å². The van der Waals surface area contributed by atoms with Crippen molar-refractivity contribution in [2.45, 2.75) is 44.6 Å². The van der Waals surface area contributed by atoms with E-state index in [4.69, 9.17) is 23.7 Å². The van der Waals surface area contributed by atoms with Crippen LogP contribution in [0.15, 0.2) is 30.3 Å². The maximum atomic E-state index is 12.5. The number of halogens is 1. The normalized spacial score (nSPS) is 27.5. The lowest BCUT2D eigenvalue weighted by Gasteiger charge is -2.43. The first kappa shape index (κ1) is 21.3. The Hall–Kier alpha value is -1.97. The van der Waals surface area contributed by atoms with Crippen LogP contribution in [0.2, 0.25) is 0 Å². The first-order valence-electron chi connectivity index (χ1n) is 8.22. The zero-order valence-electron chi connectivity index (χ0n) is 15.1. The van der Waals surface area contributed by atoms with Crippen molar-refractivity contribution in [2.24, 2.45) is 0 Å². The Balaban J connectivity index is 2.34. The highest BCUT2D eigenvalue weighted by molar-refractivity contribution is 9.09. The van der Waals surface area contributed by atoms with E-state index in [0.29, 0.717) is 5.56 Å². The van der Waals surface area contributed by atoms with Crippen LogP contribution < -0.4 is 0 Å². The highest BCUT2D eigenvalue weighted by atomic mass is 79.9. The average Bonchev–Trinajstić information content (AvgIpc) is 2.64. The molecule has 0 saturated carbocycles. The molecule has 1 aromatic carbocycles. The lowest BCUT2D eigenvalue weighted by molar-refractivity contribution is -0.290. The van der Waals surface area contributed by atoms with Crippen LogP contribution in [0, 0.1) is 0 Å². The fraction of sp³-hybridized carbons (Fsp3) is 0.500. The minimum Gasteiger partial charge on any atom is -0.454 e. The van der Waals surface area contributed by atoms with Crippen LogP contribution in [0.3, 0.4) is 0 Å². The molecule has 0 spiro atoms. The number of carbonyl (C=O) groups is 3. The molecule has 27 heavy (non-hydrogen) atoms. The van der Waals surface area contributed by atoms with Gasteiger partial charge in [-0.1, -0.05) is 34.1 Å². The van der Waals surface area contributed by atoms with Crippen LogP contribution in [0.1, 0.15) is 24.2 Å². The monoisotopic (exact) mass is 444 g/mol. The molecule has 5 atom stereocenters. The van der Waals surface area contributed by atoms with Gasteiger partial charge < -0.3 is 23.7 Å². The molecule has 148 valence electrons. The van der Waals surface area contributed by atoms with Gasteiger partial charge in [0.1, 0.15) is 6.10 Å². The van der Waals surface area contributed by atoms with Crippen molar-refractivity contribution in [2.75, 3.05) is 12.4 Å². The van der Waals surface area contributed by atoms with Crippen LogP contribution in [-0.2, 0) is 33.3 Å². The molecule has 2 rings (SSSR count). The van der Waals surface area contributed by atoms with Crippen molar-refractivity contribution in [3.63, 3.8) is 0 Å². The number of hydrogen-bond acceptors (Lipinski definition) is 8. The first-order chi connectivity index (χ1) is 12.9. The van der Waals surface area contributed by atoms with Crippen molar-refractivity contribution in [1.29, 1.82) is 0 Å². The van der Waals surface area contributed by atoms with Crippen molar-refractivity contribution in [1.82, 2.24) is 0 Å². The summed E-state index contributed by atoms with van der Waals surface area (Å²) in [6, 6.07) is 8.35. The third kappa shape index (κ3) is 5.50. The van der Waals surface area contributed by atoms with E-state index in [2.05, 4.69) is 15.9 Å². The third-order valence-corrected chi connectivity index (χ3v) is 4.47. The summed E-state index contributed by atoms with van der Waals surface area (Å²) in [5.41, 5.74) is 0.324. The van der Waals surface area contributed by atoms with E-state index < -0.39 is 48.6 Å². The maximum absolute atomic E-state index is 12.5. The zero-order valence-corrected chi connectivity index (χ0v) is 16.7. The molecule has 1 aromatic rings. The second kappa shape index (κ2) is 9.82. The van der Waals surface area contributed by atoms with Gasteiger partial charge in [-0.3, -0.25) is 9.59 Å². The molecule has 1 aliphatic heterocycles. The van der Waals surface area contributed by atoms with Crippen LogP contribution in [0.4, 0.5) is 0 Å². The van der Waals surface area contributed by atoms with Gasteiger partial charge in [0.25, 0.3) is 0 Å². The van der Waals surface area contributed by atoms with Crippen molar-refractivity contribution >= 4 is 33.8 Å². The van der Waals surface area contributed by atoms with Gasteiger partial charge in [-0.05, 0) is 12.1 Å². The highest BCUT2D eigenvalue weighted by Gasteiger charge is 2.52. The van der Waals surface area contributed by atoms with Gasteiger partial charge in [-0.25, -0.2) is 4.79 Å². The Morgan fingerprint density at radius 1 is 0.963 bits per heavy atom. The summed E-state index contributed by atoms with van der Waals surface area (Å²) in [4.78, 5) is 35.7. The third-order valence-electron chi connectivity index (χ3n) is 3.83. The van der Waals surface area contributed by atoms with Gasteiger partial charge in [0.15, 0.2) is 24.6 Å². The molecule has 1 saturated heterocycles. The Kier molecular flexibility index (Phi) is 7.76. The molecular formula is C18H21BrO8. The Bertz CT molecular complexity index is 665. The molecule has 1 fully saturated rings. The summed E-state index contributed by atoms with van der Waals surface area (Å²) >= 11 is 3.30. The van der Waals surface area contributed by atoms with E-state index in [0.717, 1.165) is 0 Å². The van der Waals surface area contributed by atoms with Gasteiger partial charge in [-0.2, -0.15) is 0 Å². The van der Waals surface area contributed by atoms with Crippen molar-refractivity contribution in [3.05, 3.63) is 35.9 Å². The van der Waals surface area contributed by atoms with Crippen molar-refractivity contribution < 1.29 is 38.1 Å². The van der Waals surface area contributed by atoms with E-state index in [1.807, 2.05) is 0 Å². The number of carbonyl (C=O) groups excluding carboxylic acids is 3. The SMILES string of the molecule is CO[C@H]1O[C@@H](CBr)[C@H](OC(=O)c2ccccc2)[C@H](OC(C)=O)[C@H]1OC(C)=O. The van der Waals surface area contributed by atoms with Gasteiger partial charge >= 0.3 is 17.9 Å². The molecule has 1 aliphatic rings. The molecule has 0 N–H and O–H groups in total. The highest BCUT2D eigenvalue weighted by Crippen LogP contribution is 2.30. The minimum atomic E-state index is -1.10. The molecule has 9 heteroatoms. The van der Waals surface area contributed by atoms with Crippen molar-refractivity contribution in [3.8, 4) is 0 Å².